The molecule has 1 aromatic heterocycles. The van der Waals surface area contributed by atoms with Gasteiger partial charge in [-0.05, 0) is 56.2 Å². The molecule has 1 heterocycles. The van der Waals surface area contributed by atoms with E-state index < -0.39 is 5.82 Å². The van der Waals surface area contributed by atoms with Crippen LogP contribution in [-0.2, 0) is 4.79 Å². The fourth-order valence-corrected chi connectivity index (χ4v) is 3.71. The van der Waals surface area contributed by atoms with E-state index in [1.54, 1.807) is 0 Å². The molecule has 1 saturated carbocycles. The lowest BCUT2D eigenvalue weighted by Crippen LogP contribution is -2.38. The Morgan fingerprint density at radius 3 is 2.78 bits per heavy atom. The summed E-state index contributed by atoms with van der Waals surface area (Å²) in [7, 11) is 0. The van der Waals surface area contributed by atoms with Gasteiger partial charge in [0.15, 0.2) is 0 Å². The average Bonchev–Trinajstić information content (AvgIpc) is 3.20. The molecule has 3 rings (SSSR count). The number of H-pyrrole nitrogens is 1. The monoisotopic (exact) mass is 393 g/mol. The van der Waals surface area contributed by atoms with Gasteiger partial charge < -0.3 is 10.2 Å². The van der Waals surface area contributed by atoms with Crippen molar-refractivity contribution in [3.63, 3.8) is 0 Å². The molecule has 7 nitrogen and oxygen atoms in total. The molecule has 0 unspecified atom stereocenters. The number of hydrogen-bond acceptors (Lipinski definition) is 4. The highest BCUT2D eigenvalue weighted by Gasteiger charge is 2.24. The highest BCUT2D eigenvalue weighted by Crippen LogP contribution is 2.30. The Hall–Kier alpha value is -2.48. The van der Waals surface area contributed by atoms with E-state index in [1.165, 1.54) is 29.4 Å². The molecule has 0 spiro atoms. The minimum Gasteiger partial charge on any atom is -0.347 e. The number of carbonyl (C=O) groups is 2. The normalized spacial score (nSPS) is 19.5. The Morgan fingerprint density at radius 1 is 1.37 bits per heavy atom. The van der Waals surface area contributed by atoms with E-state index in [-0.39, 0.29) is 22.8 Å². The fourth-order valence-electron chi connectivity index (χ4n) is 3.43. The summed E-state index contributed by atoms with van der Waals surface area (Å²) in [6.07, 6.45) is 6.54. The van der Waals surface area contributed by atoms with Crippen molar-refractivity contribution < 1.29 is 14.0 Å². The predicted molar refractivity (Wildman–Crippen MR) is 99.0 cm³/mol. The molecule has 0 saturated heterocycles. The van der Waals surface area contributed by atoms with Gasteiger partial charge in [0.05, 0.1) is 10.7 Å². The number of anilines is 1. The summed E-state index contributed by atoms with van der Waals surface area (Å²) < 4.78 is 13.2. The lowest BCUT2D eigenvalue weighted by molar-refractivity contribution is -0.107. The number of hydrogen-bond donors (Lipinski definition) is 2. The summed E-state index contributed by atoms with van der Waals surface area (Å²) >= 11 is 6.04. The number of nitrogens with one attached hydrogen (secondary N) is 2. The first-order chi connectivity index (χ1) is 13.1. The third-order valence-corrected chi connectivity index (χ3v) is 5.24. The Labute approximate surface area is 161 Å². The number of aromatic amines is 1. The molecule has 2 aromatic rings. The van der Waals surface area contributed by atoms with Gasteiger partial charge in [-0.1, -0.05) is 11.6 Å². The molecule has 1 aliphatic rings. The van der Waals surface area contributed by atoms with Crippen LogP contribution < -0.4 is 10.2 Å². The van der Waals surface area contributed by atoms with Crippen LogP contribution in [0, 0.1) is 11.7 Å². The lowest BCUT2D eigenvalue weighted by Gasteiger charge is -2.30. The number of amides is 2. The van der Waals surface area contributed by atoms with E-state index in [2.05, 4.69) is 20.5 Å². The zero-order valence-corrected chi connectivity index (χ0v) is 15.5. The zero-order valence-electron chi connectivity index (χ0n) is 14.7. The van der Waals surface area contributed by atoms with Crippen molar-refractivity contribution in [2.45, 2.75) is 38.1 Å². The van der Waals surface area contributed by atoms with Crippen molar-refractivity contribution in [3.8, 4) is 0 Å². The quantitative estimate of drug-likeness (QED) is 0.707. The summed E-state index contributed by atoms with van der Waals surface area (Å²) in [5.41, 5.74) is 0.515. The smallest absolute Gasteiger partial charge is 0.288 e. The minimum absolute atomic E-state index is 0.118. The van der Waals surface area contributed by atoms with Gasteiger partial charge in [0, 0.05) is 12.6 Å². The highest BCUT2D eigenvalue weighted by molar-refractivity contribution is 6.33. The predicted octanol–water partition coefficient (Wildman–Crippen LogP) is 2.94. The Morgan fingerprint density at radius 2 is 2.15 bits per heavy atom. The number of benzene rings is 1. The Balaban J connectivity index is 1.46. The van der Waals surface area contributed by atoms with Crippen LogP contribution in [0.2, 0.25) is 5.02 Å². The first-order valence-electron chi connectivity index (χ1n) is 8.90. The van der Waals surface area contributed by atoms with Gasteiger partial charge in [-0.2, -0.15) is 5.10 Å². The van der Waals surface area contributed by atoms with Gasteiger partial charge in [0.2, 0.25) is 12.2 Å². The van der Waals surface area contributed by atoms with Gasteiger partial charge in [0.25, 0.3) is 5.91 Å². The van der Waals surface area contributed by atoms with Crippen molar-refractivity contribution in [1.29, 1.82) is 0 Å². The average molecular weight is 394 g/mol. The van der Waals surface area contributed by atoms with Crippen LogP contribution in [0.15, 0.2) is 24.5 Å². The second-order valence-electron chi connectivity index (χ2n) is 6.71. The fraction of sp³-hybridized carbons (Fsp3) is 0.444. The summed E-state index contributed by atoms with van der Waals surface area (Å²) in [6, 6.07) is 4.13. The number of carbonyl (C=O) groups excluding carboxylic acids is 2. The minimum atomic E-state index is -0.430. The van der Waals surface area contributed by atoms with Gasteiger partial charge in [-0.25, -0.2) is 9.37 Å². The summed E-state index contributed by atoms with van der Waals surface area (Å²) in [5.74, 6) is 0.00867. The van der Waals surface area contributed by atoms with Gasteiger partial charge in [-0.3, -0.25) is 14.7 Å². The van der Waals surface area contributed by atoms with Crippen LogP contribution in [0.5, 0.6) is 0 Å². The second-order valence-corrected chi connectivity index (χ2v) is 7.12. The first-order valence-corrected chi connectivity index (χ1v) is 9.28. The number of nitrogens with zero attached hydrogens (tertiary/aromatic N) is 3. The van der Waals surface area contributed by atoms with Crippen molar-refractivity contribution >= 4 is 29.6 Å². The van der Waals surface area contributed by atoms with Gasteiger partial charge in [-0.15, -0.1) is 0 Å². The first kappa shape index (κ1) is 19.3. The Kier molecular flexibility index (Phi) is 6.39. The third kappa shape index (κ3) is 5.03. The maximum absolute atomic E-state index is 13.2. The van der Waals surface area contributed by atoms with E-state index in [0.29, 0.717) is 18.2 Å². The maximum Gasteiger partial charge on any atom is 0.288 e. The number of aromatic nitrogens is 3. The molecule has 144 valence electrons. The van der Waals surface area contributed by atoms with E-state index >= 15 is 0 Å². The summed E-state index contributed by atoms with van der Waals surface area (Å²) in [4.78, 5) is 28.8. The van der Waals surface area contributed by atoms with E-state index in [0.717, 1.165) is 38.5 Å². The standard InChI is InChI=1S/C18H21ClFN5O2/c19-15-9-13(20)3-6-16(15)25(11-26)8-7-12-1-4-14(5-2-12)23-18(27)17-21-10-22-24-17/h3,6,9-12,14H,1-2,4-5,7-8H2,(H,23,27)(H,21,22,24)/t12-,14+. The van der Waals surface area contributed by atoms with Crippen LogP contribution >= 0.6 is 11.6 Å². The van der Waals surface area contributed by atoms with E-state index in [1.807, 2.05) is 0 Å². The topological polar surface area (TPSA) is 91.0 Å². The van der Waals surface area contributed by atoms with E-state index in [9.17, 15) is 14.0 Å². The largest absolute Gasteiger partial charge is 0.347 e. The SMILES string of the molecule is O=CN(CC[C@H]1CC[C@@H](NC(=O)c2ncn[nH]2)CC1)c1ccc(F)cc1Cl. The molecule has 0 radical (unpaired) electrons. The zero-order chi connectivity index (χ0) is 19.2. The van der Waals surface area contributed by atoms with Crippen molar-refractivity contribution in [1.82, 2.24) is 20.5 Å². The second kappa shape index (κ2) is 8.94. The van der Waals surface area contributed by atoms with E-state index in [4.69, 9.17) is 11.6 Å². The molecule has 0 atom stereocenters. The van der Waals surface area contributed by atoms with Crippen molar-refractivity contribution in [2.24, 2.45) is 5.92 Å². The summed E-state index contributed by atoms with van der Waals surface area (Å²) in [5, 5.41) is 9.41. The third-order valence-electron chi connectivity index (χ3n) is 4.94. The Bertz CT molecular complexity index is 778. The van der Waals surface area contributed by atoms with Gasteiger partial charge >= 0.3 is 0 Å². The molecule has 27 heavy (non-hydrogen) atoms. The van der Waals surface area contributed by atoms with Gasteiger partial charge in [0.1, 0.15) is 12.1 Å². The molecule has 9 heteroatoms. The van der Waals surface area contributed by atoms with Crippen molar-refractivity contribution in [2.75, 3.05) is 11.4 Å². The number of rotatable bonds is 7. The molecule has 1 aliphatic carbocycles. The molecule has 0 aliphatic heterocycles. The maximum atomic E-state index is 13.2. The van der Waals surface area contributed by atoms with Crippen LogP contribution in [-0.4, -0.2) is 40.1 Å². The molecule has 1 aromatic carbocycles. The molecule has 0 bridgehead atoms. The lowest BCUT2D eigenvalue weighted by atomic mass is 9.84. The van der Waals surface area contributed by atoms with Crippen molar-refractivity contribution in [3.05, 3.63) is 41.2 Å². The number of halogens is 2. The molecular formula is C18H21ClFN5O2. The van der Waals surface area contributed by atoms with Crippen LogP contribution in [0.3, 0.4) is 0 Å². The van der Waals surface area contributed by atoms with Crippen LogP contribution in [0.1, 0.15) is 42.7 Å². The molecule has 2 amide bonds. The summed E-state index contributed by atoms with van der Waals surface area (Å²) in [6.45, 7) is 0.522. The van der Waals surface area contributed by atoms with Crippen LogP contribution in [0.4, 0.5) is 10.1 Å². The molecular weight excluding hydrogens is 373 g/mol. The highest BCUT2D eigenvalue weighted by atomic mass is 35.5. The molecule has 1 fully saturated rings. The molecule has 2 N–H and O–H groups in total. The van der Waals surface area contributed by atoms with Crippen LogP contribution in [0.25, 0.3) is 0 Å².